The third kappa shape index (κ3) is 3.04. The zero-order valence-electron chi connectivity index (χ0n) is 15.6. The number of nitrogens with one attached hydrogen (secondary N) is 1. The lowest BCUT2D eigenvalue weighted by atomic mass is 9.74. The molecule has 0 aliphatic carbocycles. The van der Waals surface area contributed by atoms with Crippen molar-refractivity contribution in [2.45, 2.75) is 13.3 Å². The van der Waals surface area contributed by atoms with E-state index in [1.165, 1.54) is 12.4 Å². The van der Waals surface area contributed by atoms with Gasteiger partial charge in [-0.25, -0.2) is 9.97 Å². The molecule has 0 spiro atoms. The number of carbonyl (C=O) groups excluding carboxylic acids is 1. The second-order valence-corrected chi connectivity index (χ2v) is 7.27. The molecule has 2 N–H and O–H groups in total. The summed E-state index contributed by atoms with van der Waals surface area (Å²) in [6, 6.07) is 7.50. The number of aliphatic carboxylic acids is 1. The summed E-state index contributed by atoms with van der Waals surface area (Å²) >= 11 is 0. The number of anilines is 1. The molecule has 0 bridgehead atoms. The van der Waals surface area contributed by atoms with Gasteiger partial charge in [-0.2, -0.15) is 0 Å². The lowest BCUT2D eigenvalue weighted by Crippen LogP contribution is -2.42. The van der Waals surface area contributed by atoms with E-state index in [2.05, 4.69) is 15.3 Å². The zero-order valence-corrected chi connectivity index (χ0v) is 15.6. The molecule has 0 radical (unpaired) electrons. The van der Waals surface area contributed by atoms with E-state index in [9.17, 15) is 14.7 Å². The molecule has 8 heteroatoms. The molecule has 1 aromatic carbocycles. The Labute approximate surface area is 162 Å². The van der Waals surface area contributed by atoms with Crippen LogP contribution >= 0.6 is 0 Å². The summed E-state index contributed by atoms with van der Waals surface area (Å²) in [5, 5.41) is 13.1. The second kappa shape index (κ2) is 7.10. The summed E-state index contributed by atoms with van der Waals surface area (Å²) in [5.41, 5.74) is 0.146. The molecule has 146 valence electrons. The van der Waals surface area contributed by atoms with Crippen molar-refractivity contribution in [2.24, 2.45) is 11.3 Å². The van der Waals surface area contributed by atoms with Crippen LogP contribution in [0.1, 0.15) is 22.8 Å². The van der Waals surface area contributed by atoms with E-state index in [-0.39, 0.29) is 25.0 Å². The average molecular weight is 382 g/mol. The molecular formula is C20H22N4O4. The number of amides is 1. The first-order chi connectivity index (χ1) is 13.5. The van der Waals surface area contributed by atoms with Crippen molar-refractivity contribution in [1.82, 2.24) is 14.9 Å². The molecule has 0 saturated carbocycles. The highest BCUT2D eigenvalue weighted by atomic mass is 16.5. The van der Waals surface area contributed by atoms with Crippen LogP contribution in [0.3, 0.4) is 0 Å². The Morgan fingerprint density at radius 1 is 1.32 bits per heavy atom. The van der Waals surface area contributed by atoms with E-state index >= 15 is 0 Å². The second-order valence-electron chi connectivity index (χ2n) is 7.27. The van der Waals surface area contributed by atoms with Crippen molar-refractivity contribution in [1.29, 1.82) is 0 Å². The molecule has 1 aromatic heterocycles. The Kier molecular flexibility index (Phi) is 4.62. The number of likely N-dealkylation sites (tertiary alicyclic amines) is 1. The number of carboxylic acid groups (broad SMARTS) is 1. The van der Waals surface area contributed by atoms with Gasteiger partial charge in [0.2, 0.25) is 5.95 Å². The van der Waals surface area contributed by atoms with Crippen LogP contribution in [0, 0.1) is 11.3 Å². The average Bonchev–Trinajstić information content (AvgIpc) is 2.99. The van der Waals surface area contributed by atoms with Gasteiger partial charge < -0.3 is 20.1 Å². The molecular weight excluding hydrogens is 360 g/mol. The van der Waals surface area contributed by atoms with E-state index in [0.717, 1.165) is 11.3 Å². The molecule has 2 aliphatic heterocycles. The summed E-state index contributed by atoms with van der Waals surface area (Å²) in [7, 11) is 0. The third-order valence-corrected chi connectivity index (χ3v) is 5.56. The summed E-state index contributed by atoms with van der Waals surface area (Å²) in [6.07, 6.45) is 3.28. The van der Waals surface area contributed by atoms with Gasteiger partial charge in [-0.1, -0.05) is 18.2 Å². The largest absolute Gasteiger partial charge is 0.493 e. The Morgan fingerprint density at radius 2 is 2.07 bits per heavy atom. The van der Waals surface area contributed by atoms with Gasteiger partial charge in [-0.3, -0.25) is 9.59 Å². The molecule has 1 amide bonds. The van der Waals surface area contributed by atoms with Crippen LogP contribution in [-0.2, 0) is 11.2 Å². The monoisotopic (exact) mass is 382 g/mol. The van der Waals surface area contributed by atoms with Crippen LogP contribution in [0.4, 0.5) is 5.95 Å². The van der Waals surface area contributed by atoms with Gasteiger partial charge in [0.05, 0.1) is 17.6 Å². The maximum atomic E-state index is 12.9. The number of carboxylic acids is 1. The first-order valence-electron chi connectivity index (χ1n) is 9.33. The molecule has 2 aliphatic rings. The van der Waals surface area contributed by atoms with E-state index in [0.29, 0.717) is 31.0 Å². The van der Waals surface area contributed by atoms with Crippen molar-refractivity contribution in [2.75, 3.05) is 31.6 Å². The molecule has 4 rings (SSSR count). The quantitative estimate of drug-likeness (QED) is 0.829. The van der Waals surface area contributed by atoms with Crippen LogP contribution in [0.2, 0.25) is 0 Å². The molecule has 2 atom stereocenters. The SMILES string of the molecule is CCNc1ncc(C(=O)N2C[C@H]3COc4ccccc4C[C@@]3(C(=O)O)C2)cn1. The number of benzene rings is 1. The summed E-state index contributed by atoms with van der Waals surface area (Å²) in [4.78, 5) is 35.1. The van der Waals surface area contributed by atoms with Gasteiger partial charge in [0.1, 0.15) is 5.75 Å². The van der Waals surface area contributed by atoms with Gasteiger partial charge in [-0.05, 0) is 25.0 Å². The van der Waals surface area contributed by atoms with E-state index in [4.69, 9.17) is 4.74 Å². The summed E-state index contributed by atoms with van der Waals surface area (Å²) < 4.78 is 5.88. The minimum absolute atomic E-state index is 0.137. The first kappa shape index (κ1) is 18.2. The van der Waals surface area contributed by atoms with Crippen LogP contribution in [0.25, 0.3) is 0 Å². The Balaban J connectivity index is 1.59. The van der Waals surface area contributed by atoms with Crippen LogP contribution in [-0.4, -0.2) is 58.1 Å². The Hall–Kier alpha value is -3.16. The third-order valence-electron chi connectivity index (χ3n) is 5.56. The number of fused-ring (bicyclic) bond motifs is 2. The van der Waals surface area contributed by atoms with Gasteiger partial charge in [0.25, 0.3) is 5.91 Å². The fourth-order valence-electron chi connectivity index (χ4n) is 4.05. The van der Waals surface area contributed by atoms with Crippen molar-refractivity contribution in [3.63, 3.8) is 0 Å². The number of aromatic nitrogens is 2. The maximum Gasteiger partial charge on any atom is 0.312 e. The van der Waals surface area contributed by atoms with E-state index < -0.39 is 11.4 Å². The van der Waals surface area contributed by atoms with Crippen LogP contribution in [0.5, 0.6) is 5.75 Å². The van der Waals surface area contributed by atoms with E-state index in [1.807, 2.05) is 31.2 Å². The predicted molar refractivity (Wildman–Crippen MR) is 101 cm³/mol. The summed E-state index contributed by atoms with van der Waals surface area (Å²) in [5.74, 6) is -0.263. The fourth-order valence-corrected chi connectivity index (χ4v) is 4.05. The zero-order chi connectivity index (χ0) is 19.7. The molecule has 8 nitrogen and oxygen atoms in total. The number of hydrogen-bond acceptors (Lipinski definition) is 6. The van der Waals surface area contributed by atoms with Crippen LogP contribution < -0.4 is 10.1 Å². The maximum absolute atomic E-state index is 12.9. The highest BCUT2D eigenvalue weighted by Gasteiger charge is 2.55. The lowest BCUT2D eigenvalue weighted by Gasteiger charge is -2.27. The predicted octanol–water partition coefficient (Wildman–Crippen LogP) is 1.69. The Morgan fingerprint density at radius 3 is 2.79 bits per heavy atom. The van der Waals surface area contributed by atoms with Gasteiger partial charge >= 0.3 is 5.97 Å². The minimum atomic E-state index is -1.06. The van der Waals surface area contributed by atoms with E-state index in [1.54, 1.807) is 4.90 Å². The van der Waals surface area contributed by atoms with Crippen molar-refractivity contribution >= 4 is 17.8 Å². The van der Waals surface area contributed by atoms with Crippen LogP contribution in [0.15, 0.2) is 36.7 Å². The lowest BCUT2D eigenvalue weighted by molar-refractivity contribution is -0.150. The number of para-hydroxylation sites is 1. The molecule has 1 fully saturated rings. The highest BCUT2D eigenvalue weighted by Crippen LogP contribution is 2.44. The van der Waals surface area contributed by atoms with Gasteiger partial charge in [-0.15, -0.1) is 0 Å². The minimum Gasteiger partial charge on any atom is -0.493 e. The molecule has 28 heavy (non-hydrogen) atoms. The number of carbonyl (C=O) groups is 2. The number of nitrogens with zero attached hydrogens (tertiary/aromatic N) is 3. The molecule has 3 heterocycles. The number of hydrogen-bond donors (Lipinski definition) is 2. The molecule has 2 aromatic rings. The van der Waals surface area contributed by atoms with Crippen molar-refractivity contribution in [3.8, 4) is 5.75 Å². The van der Waals surface area contributed by atoms with Crippen molar-refractivity contribution < 1.29 is 19.4 Å². The van der Waals surface area contributed by atoms with Crippen molar-refractivity contribution in [3.05, 3.63) is 47.8 Å². The molecule has 0 unspecified atom stereocenters. The van der Waals surface area contributed by atoms with Gasteiger partial charge in [0.15, 0.2) is 0 Å². The molecule has 1 saturated heterocycles. The topological polar surface area (TPSA) is 105 Å². The number of rotatable bonds is 4. The standard InChI is InChI=1S/C20H22N4O4/c1-2-21-19-22-8-14(9-23-19)17(25)24-10-15-11-28-16-6-4-3-5-13(16)7-20(15,12-24)18(26)27/h3-6,8-9,15H,2,7,10-12H2,1H3,(H,26,27)(H,21,22,23)/t15-,20+/m0/s1. The fraction of sp³-hybridized carbons (Fsp3) is 0.400. The highest BCUT2D eigenvalue weighted by molar-refractivity contribution is 5.94. The number of ether oxygens (including phenoxy) is 1. The first-order valence-corrected chi connectivity index (χ1v) is 9.33. The van der Waals surface area contributed by atoms with Gasteiger partial charge in [0, 0.05) is 37.9 Å². The smallest absolute Gasteiger partial charge is 0.312 e. The normalized spacial score (nSPS) is 23.2. The summed E-state index contributed by atoms with van der Waals surface area (Å²) in [6.45, 7) is 3.35. The Bertz CT molecular complexity index is 901.